The van der Waals surface area contributed by atoms with Gasteiger partial charge in [-0.25, -0.2) is 0 Å². The lowest BCUT2D eigenvalue weighted by atomic mass is 10.2. The van der Waals surface area contributed by atoms with E-state index in [1.807, 2.05) is 0 Å². The zero-order valence-electron chi connectivity index (χ0n) is 6.91. The van der Waals surface area contributed by atoms with Gasteiger partial charge in [-0.15, -0.1) is 0 Å². The number of nitrogens with zero attached hydrogens (tertiary/aromatic N) is 1. The second-order valence-electron chi connectivity index (χ2n) is 2.36. The summed E-state index contributed by atoms with van der Waals surface area (Å²) in [7, 11) is 1.35. The standard InChI is InChI=1S/C8H12N2O2/c1-12-8(11)6-2-3-7(4-9)10-5-6/h2-3,11H,4-5,9H2,1H3/p-1. The molecule has 1 heterocycles. The van der Waals surface area contributed by atoms with Gasteiger partial charge in [0, 0.05) is 12.3 Å². The van der Waals surface area contributed by atoms with Gasteiger partial charge in [0.05, 0.1) is 12.5 Å². The third-order valence-electron chi connectivity index (χ3n) is 1.59. The smallest absolute Gasteiger partial charge is 0.0660 e. The van der Waals surface area contributed by atoms with E-state index in [0.717, 1.165) is 5.71 Å². The fourth-order valence-electron chi connectivity index (χ4n) is 0.885. The van der Waals surface area contributed by atoms with Crippen molar-refractivity contribution in [1.82, 2.24) is 0 Å². The van der Waals surface area contributed by atoms with Crippen molar-refractivity contribution in [3.05, 3.63) is 23.7 Å². The first kappa shape index (κ1) is 8.80. The maximum atomic E-state index is 11.0. The van der Waals surface area contributed by atoms with Crippen LogP contribution in [0, 0.1) is 0 Å². The van der Waals surface area contributed by atoms with Crippen LogP contribution in [0.1, 0.15) is 0 Å². The third kappa shape index (κ3) is 1.85. The van der Waals surface area contributed by atoms with Gasteiger partial charge in [-0.2, -0.15) is 0 Å². The van der Waals surface area contributed by atoms with Crippen LogP contribution < -0.4 is 10.8 Å². The molecule has 0 atom stereocenters. The van der Waals surface area contributed by atoms with Gasteiger partial charge in [0.25, 0.3) is 0 Å². The number of hydrogen-bond donors (Lipinski definition) is 1. The predicted molar refractivity (Wildman–Crippen MR) is 44.5 cm³/mol. The minimum atomic E-state index is -0.328. The van der Waals surface area contributed by atoms with Crippen LogP contribution in [0.25, 0.3) is 0 Å². The molecule has 4 nitrogen and oxygen atoms in total. The van der Waals surface area contributed by atoms with Crippen molar-refractivity contribution in [2.45, 2.75) is 0 Å². The highest BCUT2D eigenvalue weighted by molar-refractivity contribution is 5.97. The highest BCUT2D eigenvalue weighted by atomic mass is 16.6. The van der Waals surface area contributed by atoms with Gasteiger partial charge in [0.15, 0.2) is 0 Å². The van der Waals surface area contributed by atoms with Crippen molar-refractivity contribution in [3.8, 4) is 0 Å². The summed E-state index contributed by atoms with van der Waals surface area (Å²) in [6.07, 6.45) is 3.43. The van der Waals surface area contributed by atoms with Gasteiger partial charge >= 0.3 is 0 Å². The minimum absolute atomic E-state index is 0.328. The van der Waals surface area contributed by atoms with Crippen molar-refractivity contribution in [3.63, 3.8) is 0 Å². The van der Waals surface area contributed by atoms with E-state index < -0.39 is 0 Å². The number of hydrogen-bond acceptors (Lipinski definition) is 4. The first-order chi connectivity index (χ1) is 5.77. The Balaban J connectivity index is 2.71. The number of dihydropyridines is 1. The molecular weight excluding hydrogens is 156 g/mol. The number of ether oxygens (including phenoxy) is 1. The second kappa shape index (κ2) is 3.92. The normalized spacial score (nSPS) is 20.3. The van der Waals surface area contributed by atoms with E-state index in [-0.39, 0.29) is 5.95 Å². The molecule has 1 aliphatic heterocycles. The van der Waals surface area contributed by atoms with Crippen molar-refractivity contribution < 1.29 is 9.84 Å². The van der Waals surface area contributed by atoms with E-state index in [0.29, 0.717) is 18.7 Å². The van der Waals surface area contributed by atoms with E-state index in [9.17, 15) is 5.11 Å². The number of nitrogens with two attached hydrogens (primary N) is 1. The van der Waals surface area contributed by atoms with Crippen LogP contribution in [0.3, 0.4) is 0 Å². The summed E-state index contributed by atoms with van der Waals surface area (Å²) in [6, 6.07) is 0. The van der Waals surface area contributed by atoms with E-state index in [4.69, 9.17) is 5.73 Å². The summed E-state index contributed by atoms with van der Waals surface area (Å²) in [6.45, 7) is 0.778. The number of methoxy groups -OCH3 is 1. The SMILES string of the molecule is COC([O-])=C1C=CC(CN)=NC1. The summed E-state index contributed by atoms with van der Waals surface area (Å²) in [5, 5.41) is 11.0. The monoisotopic (exact) mass is 167 g/mol. The van der Waals surface area contributed by atoms with Crippen LogP contribution in [-0.2, 0) is 4.74 Å². The average molecular weight is 167 g/mol. The lowest BCUT2D eigenvalue weighted by Crippen LogP contribution is -2.17. The average Bonchev–Trinajstić information content (AvgIpc) is 2.17. The Morgan fingerprint density at radius 2 is 2.50 bits per heavy atom. The maximum Gasteiger partial charge on any atom is 0.0660 e. The summed E-state index contributed by atoms with van der Waals surface area (Å²) >= 11 is 0. The molecule has 0 amide bonds. The molecule has 0 spiro atoms. The topological polar surface area (TPSA) is 70.7 Å². The van der Waals surface area contributed by atoms with Crippen molar-refractivity contribution in [2.24, 2.45) is 10.7 Å². The molecule has 0 aromatic carbocycles. The molecule has 0 radical (unpaired) electrons. The zero-order chi connectivity index (χ0) is 8.97. The van der Waals surface area contributed by atoms with Gasteiger partial charge in [-0.1, -0.05) is 6.08 Å². The molecule has 0 unspecified atom stereocenters. The fraction of sp³-hybridized carbons (Fsp3) is 0.375. The predicted octanol–water partition coefficient (Wildman–Crippen LogP) is -0.826. The first-order valence-electron chi connectivity index (χ1n) is 3.63. The highest BCUT2D eigenvalue weighted by Gasteiger charge is 2.01. The Morgan fingerprint density at radius 3 is 2.92 bits per heavy atom. The Bertz CT molecular complexity index is 254. The quantitative estimate of drug-likeness (QED) is 0.546. The molecule has 0 bridgehead atoms. The minimum Gasteiger partial charge on any atom is -0.616 e. The Morgan fingerprint density at radius 1 is 1.75 bits per heavy atom. The molecular formula is C8H11N2O2-. The molecule has 66 valence electrons. The van der Waals surface area contributed by atoms with Crippen LogP contribution >= 0.6 is 0 Å². The molecule has 2 N–H and O–H groups in total. The van der Waals surface area contributed by atoms with Crippen LogP contribution in [-0.4, -0.2) is 25.9 Å². The largest absolute Gasteiger partial charge is 0.616 e. The summed E-state index contributed by atoms with van der Waals surface area (Å²) in [5.41, 5.74) is 6.72. The van der Waals surface area contributed by atoms with E-state index in [1.54, 1.807) is 12.2 Å². The molecule has 0 saturated carbocycles. The molecule has 1 aliphatic rings. The van der Waals surface area contributed by atoms with E-state index in [1.165, 1.54) is 7.11 Å². The second-order valence-corrected chi connectivity index (χ2v) is 2.36. The van der Waals surface area contributed by atoms with Crippen LogP contribution in [0.2, 0.25) is 0 Å². The Kier molecular flexibility index (Phi) is 2.88. The van der Waals surface area contributed by atoms with Gasteiger partial charge in [0.1, 0.15) is 0 Å². The molecule has 0 aromatic rings. The fourth-order valence-corrected chi connectivity index (χ4v) is 0.885. The molecule has 4 heteroatoms. The lowest BCUT2D eigenvalue weighted by Gasteiger charge is -2.15. The van der Waals surface area contributed by atoms with Gasteiger partial charge in [-0.3, -0.25) is 4.99 Å². The Labute approximate surface area is 71.1 Å². The summed E-state index contributed by atoms with van der Waals surface area (Å²) in [4.78, 5) is 4.07. The molecule has 12 heavy (non-hydrogen) atoms. The Hall–Kier alpha value is -1.29. The summed E-state index contributed by atoms with van der Waals surface area (Å²) in [5.74, 6) is -0.328. The van der Waals surface area contributed by atoms with Crippen molar-refractivity contribution in [2.75, 3.05) is 20.2 Å². The van der Waals surface area contributed by atoms with E-state index in [2.05, 4.69) is 9.73 Å². The number of aliphatic imine (C=N–C) groups is 1. The van der Waals surface area contributed by atoms with Crippen LogP contribution in [0.15, 0.2) is 28.7 Å². The molecule has 0 aliphatic carbocycles. The number of rotatable bonds is 2. The molecule has 0 fully saturated rings. The van der Waals surface area contributed by atoms with Gasteiger partial charge in [-0.05, 0) is 18.8 Å². The molecule has 0 aromatic heterocycles. The molecule has 0 saturated heterocycles. The zero-order valence-corrected chi connectivity index (χ0v) is 6.91. The highest BCUT2D eigenvalue weighted by Crippen LogP contribution is 2.07. The van der Waals surface area contributed by atoms with Gasteiger partial charge < -0.3 is 15.6 Å². The summed E-state index contributed by atoms with van der Waals surface area (Å²) < 4.78 is 4.53. The van der Waals surface area contributed by atoms with Crippen molar-refractivity contribution in [1.29, 1.82) is 0 Å². The van der Waals surface area contributed by atoms with Crippen LogP contribution in [0.5, 0.6) is 0 Å². The van der Waals surface area contributed by atoms with Gasteiger partial charge in [0.2, 0.25) is 0 Å². The van der Waals surface area contributed by atoms with Crippen molar-refractivity contribution >= 4 is 5.71 Å². The third-order valence-corrected chi connectivity index (χ3v) is 1.59. The first-order valence-corrected chi connectivity index (χ1v) is 3.63. The van der Waals surface area contributed by atoms with Crippen LogP contribution in [0.4, 0.5) is 0 Å². The maximum absolute atomic E-state index is 11.0. The molecule has 1 rings (SSSR count). The van der Waals surface area contributed by atoms with E-state index >= 15 is 0 Å². The lowest BCUT2D eigenvalue weighted by molar-refractivity contribution is -0.354.